The summed E-state index contributed by atoms with van der Waals surface area (Å²) in [4.78, 5) is 0. The Labute approximate surface area is 410 Å². The van der Waals surface area contributed by atoms with Gasteiger partial charge in [0.1, 0.15) is 0 Å². The van der Waals surface area contributed by atoms with Gasteiger partial charge >= 0.3 is 414 Å². The van der Waals surface area contributed by atoms with Crippen LogP contribution >= 0.6 is 0 Å². The summed E-state index contributed by atoms with van der Waals surface area (Å²) in [7, 11) is 0. The van der Waals surface area contributed by atoms with E-state index in [2.05, 4.69) is 208 Å². The number of rotatable bonds is 16. The fourth-order valence-electron chi connectivity index (χ4n) is 13.1. The van der Waals surface area contributed by atoms with E-state index in [1.165, 1.54) is 106 Å². The molecule has 1 heteroatoms. The van der Waals surface area contributed by atoms with E-state index in [-0.39, 0.29) is 16.7 Å². The molecule has 2 aliphatic carbocycles. The average Bonchev–Trinajstić information content (AvgIpc) is 3.86. The molecule has 1 heterocycles. The number of unbranched alkanes of at least 4 members (excludes halogenated alkanes) is 6. The van der Waals surface area contributed by atoms with Crippen molar-refractivity contribution in [2.45, 2.75) is 153 Å². The van der Waals surface area contributed by atoms with Gasteiger partial charge < -0.3 is 0 Å². The molecule has 6 aromatic rings. The molecular formula is C66H78Zr. The van der Waals surface area contributed by atoms with Gasteiger partial charge in [-0.3, -0.25) is 0 Å². The second-order valence-corrected chi connectivity index (χ2v) is 33.5. The number of hydrogen-bond donors (Lipinski definition) is 0. The molecule has 0 saturated heterocycles. The van der Waals surface area contributed by atoms with Gasteiger partial charge in [-0.1, -0.05) is 0 Å². The van der Waals surface area contributed by atoms with Crippen LogP contribution < -0.4 is 0 Å². The van der Waals surface area contributed by atoms with E-state index in [0.29, 0.717) is 7.25 Å². The molecule has 2 atom stereocenters. The molecule has 1 aliphatic heterocycles. The topological polar surface area (TPSA) is 0 Å². The Bertz CT molecular complexity index is 2520. The fraction of sp³-hybridized carbons (Fsp3) is 0.394. The molecule has 0 aromatic heterocycles. The van der Waals surface area contributed by atoms with E-state index in [0.717, 1.165) is 0 Å². The third kappa shape index (κ3) is 9.30. The van der Waals surface area contributed by atoms with Crippen molar-refractivity contribution in [3.63, 3.8) is 0 Å². The molecule has 346 valence electrons. The van der Waals surface area contributed by atoms with Crippen LogP contribution in [0.5, 0.6) is 0 Å². The van der Waals surface area contributed by atoms with Crippen LogP contribution in [-0.2, 0) is 39.4 Å². The minimum atomic E-state index is -3.91. The van der Waals surface area contributed by atoms with Gasteiger partial charge in [0.25, 0.3) is 0 Å². The minimum absolute atomic E-state index is 0.104. The number of allylic oxidation sites excluding steroid dienone is 4. The zero-order valence-electron chi connectivity index (χ0n) is 42.6. The SMILES string of the molecule is CCCCCCC1=C2c3c(-c4ccc(C(C)(C)C)cc4)cccc3[CH]1[Zr]([CH2]c1ccccc1)([CH2]c1ccccc1)[CH]1C(CCCCCC)=C(c3c(-c4ccc(C(C)(C)C)cc4)cccc31)C2C. The molecule has 0 saturated carbocycles. The molecule has 0 fully saturated rings. The van der Waals surface area contributed by atoms with Gasteiger partial charge in [-0.05, 0) is 0 Å². The molecule has 0 amide bonds. The van der Waals surface area contributed by atoms with Crippen LogP contribution in [0.15, 0.2) is 157 Å². The van der Waals surface area contributed by atoms with Crippen LogP contribution in [0, 0.1) is 5.92 Å². The Morgan fingerprint density at radius 2 is 0.806 bits per heavy atom. The van der Waals surface area contributed by atoms with Gasteiger partial charge in [-0.2, -0.15) is 0 Å². The maximum atomic E-state index is 2.66. The molecule has 2 unspecified atom stereocenters. The molecule has 4 bridgehead atoms. The summed E-state index contributed by atoms with van der Waals surface area (Å²) >= 11 is -3.91. The molecule has 3 aliphatic rings. The summed E-state index contributed by atoms with van der Waals surface area (Å²) in [5, 5.41) is 0. The van der Waals surface area contributed by atoms with E-state index in [4.69, 9.17) is 0 Å². The summed E-state index contributed by atoms with van der Waals surface area (Å²) in [5.41, 5.74) is 25.3. The van der Waals surface area contributed by atoms with Crippen LogP contribution in [0.2, 0.25) is 0 Å². The van der Waals surface area contributed by atoms with Gasteiger partial charge in [0.2, 0.25) is 0 Å². The van der Waals surface area contributed by atoms with E-state index < -0.39 is 20.3 Å². The Kier molecular flexibility index (Phi) is 14.2. The summed E-state index contributed by atoms with van der Waals surface area (Å²) in [6, 6.07) is 58.4. The second-order valence-electron chi connectivity index (χ2n) is 22.8. The van der Waals surface area contributed by atoms with Gasteiger partial charge in [-0.25, -0.2) is 0 Å². The first kappa shape index (κ1) is 47.7. The molecular weight excluding hydrogens is 884 g/mol. The van der Waals surface area contributed by atoms with Crippen molar-refractivity contribution in [3.8, 4) is 22.3 Å². The van der Waals surface area contributed by atoms with Gasteiger partial charge in [0.15, 0.2) is 0 Å². The van der Waals surface area contributed by atoms with Crippen molar-refractivity contribution >= 4 is 11.1 Å². The van der Waals surface area contributed by atoms with Gasteiger partial charge in [0.05, 0.1) is 0 Å². The molecule has 9 rings (SSSR count). The zero-order chi connectivity index (χ0) is 46.9. The number of hydrogen-bond acceptors (Lipinski definition) is 0. The van der Waals surface area contributed by atoms with Crippen molar-refractivity contribution in [3.05, 3.63) is 201 Å². The van der Waals surface area contributed by atoms with Crippen LogP contribution in [0.4, 0.5) is 0 Å². The molecule has 67 heavy (non-hydrogen) atoms. The first-order valence-corrected chi connectivity index (χ1v) is 32.7. The maximum absolute atomic E-state index is 3.91. The predicted molar refractivity (Wildman–Crippen MR) is 287 cm³/mol. The average molecular weight is 963 g/mol. The van der Waals surface area contributed by atoms with E-state index in [1.54, 1.807) is 44.5 Å². The normalized spacial score (nSPS) is 18.5. The molecule has 0 N–H and O–H groups in total. The van der Waals surface area contributed by atoms with Gasteiger partial charge in [-0.15, -0.1) is 0 Å². The standard InChI is InChI=1S/C52H64.2C7H7.Zr/c1-10-12-14-16-20-39-34-41-22-18-24-45(37-26-30-43(31-27-37)51(4,5)6)49(41)47(39)36(3)48-40(21-17-15-13-11-2)35-42-23-19-25-46(50(42)48)38-28-32-44(33-29-38)52(7,8)9;2*1-7-5-3-2-4-6-7;/h18-19,22-36H,10-17,20-21H2,1-9H3;2*2-6H,1H2;. The Morgan fingerprint density at radius 3 is 1.16 bits per heavy atom. The van der Waals surface area contributed by atoms with Crippen LogP contribution in [-0.4, -0.2) is 0 Å². The van der Waals surface area contributed by atoms with Crippen molar-refractivity contribution in [1.82, 2.24) is 0 Å². The van der Waals surface area contributed by atoms with Crippen molar-refractivity contribution in [2.75, 3.05) is 0 Å². The molecule has 0 nitrogen and oxygen atoms in total. The fourth-order valence-corrected chi connectivity index (χ4v) is 30.2. The first-order chi connectivity index (χ1) is 32.4. The van der Waals surface area contributed by atoms with Crippen LogP contribution in [0.1, 0.15) is 178 Å². The quantitative estimate of drug-likeness (QED) is 0.0848. The van der Waals surface area contributed by atoms with Gasteiger partial charge in [0, 0.05) is 0 Å². The summed E-state index contributed by atoms with van der Waals surface area (Å²) in [6.45, 7) is 21.5. The summed E-state index contributed by atoms with van der Waals surface area (Å²) in [6.07, 6.45) is 12.7. The number of fused-ring (bicyclic) bond motifs is 8. The van der Waals surface area contributed by atoms with E-state index in [1.807, 2.05) is 11.1 Å². The molecule has 0 spiro atoms. The van der Waals surface area contributed by atoms with Crippen LogP contribution in [0.3, 0.4) is 0 Å². The monoisotopic (exact) mass is 961 g/mol. The Hall–Kier alpha value is -4.32. The second kappa shape index (κ2) is 20.0. The predicted octanol–water partition coefficient (Wildman–Crippen LogP) is 19.1. The van der Waals surface area contributed by atoms with Crippen molar-refractivity contribution < 1.29 is 20.3 Å². The van der Waals surface area contributed by atoms with E-state index in [9.17, 15) is 0 Å². The zero-order valence-corrected chi connectivity index (χ0v) is 45.0. The third-order valence-corrected chi connectivity index (χ3v) is 30.4. The number of benzene rings is 6. The van der Waals surface area contributed by atoms with Crippen molar-refractivity contribution in [2.24, 2.45) is 5.92 Å². The van der Waals surface area contributed by atoms with Crippen LogP contribution in [0.25, 0.3) is 33.4 Å². The Morgan fingerprint density at radius 1 is 0.418 bits per heavy atom. The third-order valence-electron chi connectivity index (χ3n) is 16.2. The Balaban J connectivity index is 1.40. The first-order valence-electron chi connectivity index (χ1n) is 26.4. The van der Waals surface area contributed by atoms with Crippen molar-refractivity contribution in [1.29, 1.82) is 0 Å². The van der Waals surface area contributed by atoms with E-state index >= 15 is 0 Å². The summed E-state index contributed by atoms with van der Waals surface area (Å²) < 4.78 is 3.38. The molecule has 0 radical (unpaired) electrons. The summed E-state index contributed by atoms with van der Waals surface area (Å²) in [5.74, 6) is 0.276. The molecule has 6 aromatic carbocycles.